The molecule has 0 radical (unpaired) electrons. The van der Waals surface area contributed by atoms with Crippen LogP contribution in [0.1, 0.15) is 85.3 Å². The number of benzene rings is 1. The molecule has 1 aromatic rings. The van der Waals surface area contributed by atoms with Crippen LogP contribution in [-0.2, 0) is 5.41 Å². The zero-order valence-corrected chi connectivity index (χ0v) is 25.0. The summed E-state index contributed by atoms with van der Waals surface area (Å²) in [5.74, 6) is 0. The van der Waals surface area contributed by atoms with Gasteiger partial charge in [-0.15, -0.1) is 0 Å². The van der Waals surface area contributed by atoms with Crippen LogP contribution in [0.5, 0.6) is 0 Å². The zero-order chi connectivity index (χ0) is 28.1. The fraction of sp³-hybridized carbons (Fsp3) is 0.368. The second-order valence-corrected chi connectivity index (χ2v) is 12.1. The molecule has 0 fully saturated rings. The van der Waals surface area contributed by atoms with Gasteiger partial charge in [0.15, 0.2) is 0 Å². The Morgan fingerprint density at radius 1 is 0.763 bits per heavy atom. The van der Waals surface area contributed by atoms with Gasteiger partial charge in [0.25, 0.3) is 0 Å². The smallest absolute Gasteiger partial charge is 0.0187 e. The molecule has 2 aliphatic rings. The summed E-state index contributed by atoms with van der Waals surface area (Å²) < 4.78 is 0. The average Bonchev–Trinajstić information content (AvgIpc) is 3.26. The van der Waals surface area contributed by atoms with Gasteiger partial charge in [-0.05, 0) is 96.4 Å². The summed E-state index contributed by atoms with van der Waals surface area (Å²) in [5.41, 5.74) is 11.0. The van der Waals surface area contributed by atoms with Crippen LogP contribution in [0.3, 0.4) is 0 Å². The Morgan fingerprint density at radius 3 is 1.97 bits per heavy atom. The van der Waals surface area contributed by atoms with E-state index in [1.165, 1.54) is 44.6 Å². The first-order valence-electron chi connectivity index (χ1n) is 14.1. The summed E-state index contributed by atoms with van der Waals surface area (Å²) in [4.78, 5) is 0. The Hall–Kier alpha value is -3.12. The lowest BCUT2D eigenvalue weighted by atomic mass is 9.67. The maximum absolute atomic E-state index is 4.25. The minimum Gasteiger partial charge on any atom is -0.0991 e. The van der Waals surface area contributed by atoms with Crippen LogP contribution in [0.4, 0.5) is 0 Å². The van der Waals surface area contributed by atoms with E-state index in [0.29, 0.717) is 0 Å². The summed E-state index contributed by atoms with van der Waals surface area (Å²) in [5, 5.41) is 0. The Morgan fingerprint density at radius 2 is 1.39 bits per heavy atom. The third-order valence-electron chi connectivity index (χ3n) is 9.06. The molecule has 0 heterocycles. The van der Waals surface area contributed by atoms with Crippen LogP contribution in [0.2, 0.25) is 0 Å². The van der Waals surface area contributed by atoms with Crippen molar-refractivity contribution in [2.24, 2.45) is 10.8 Å². The highest BCUT2D eigenvalue weighted by Crippen LogP contribution is 2.54. The molecule has 38 heavy (non-hydrogen) atoms. The van der Waals surface area contributed by atoms with Gasteiger partial charge in [-0.1, -0.05) is 126 Å². The summed E-state index contributed by atoms with van der Waals surface area (Å²) >= 11 is 0. The number of hydrogen-bond donors (Lipinski definition) is 0. The van der Waals surface area contributed by atoms with Gasteiger partial charge in [-0.3, -0.25) is 0 Å². The lowest BCUT2D eigenvalue weighted by Gasteiger charge is -2.37. The fourth-order valence-corrected chi connectivity index (χ4v) is 6.69. The first-order chi connectivity index (χ1) is 18.0. The van der Waals surface area contributed by atoms with Crippen LogP contribution >= 0.6 is 0 Å². The number of hydrogen-bond acceptors (Lipinski definition) is 0. The highest BCUT2D eigenvalue weighted by atomic mass is 14.5. The van der Waals surface area contributed by atoms with E-state index < -0.39 is 0 Å². The van der Waals surface area contributed by atoms with Gasteiger partial charge in [0, 0.05) is 10.8 Å². The molecule has 2 unspecified atom stereocenters. The van der Waals surface area contributed by atoms with Crippen LogP contribution in [-0.4, -0.2) is 0 Å². The molecule has 0 aliphatic heterocycles. The zero-order valence-electron chi connectivity index (χ0n) is 25.0. The van der Waals surface area contributed by atoms with E-state index in [0.717, 1.165) is 25.7 Å². The number of rotatable bonds is 12. The van der Waals surface area contributed by atoms with Crippen molar-refractivity contribution >= 4 is 5.57 Å². The minimum absolute atomic E-state index is 0.0257. The first kappa shape index (κ1) is 29.4. The van der Waals surface area contributed by atoms with Crippen molar-refractivity contribution < 1.29 is 0 Å². The topological polar surface area (TPSA) is 0 Å². The van der Waals surface area contributed by atoms with Crippen molar-refractivity contribution in [3.05, 3.63) is 138 Å². The van der Waals surface area contributed by atoms with E-state index in [1.807, 2.05) is 12.2 Å². The van der Waals surface area contributed by atoms with Gasteiger partial charge in [0.1, 0.15) is 0 Å². The van der Waals surface area contributed by atoms with E-state index in [9.17, 15) is 0 Å². The summed E-state index contributed by atoms with van der Waals surface area (Å²) in [6, 6.07) is 8.92. The number of allylic oxidation sites excluding steroid dienone is 15. The summed E-state index contributed by atoms with van der Waals surface area (Å²) in [7, 11) is 0. The van der Waals surface area contributed by atoms with Gasteiger partial charge in [-0.2, -0.15) is 0 Å². The van der Waals surface area contributed by atoms with Crippen LogP contribution in [0, 0.1) is 10.8 Å². The van der Waals surface area contributed by atoms with Gasteiger partial charge >= 0.3 is 0 Å². The average molecular weight is 505 g/mol. The molecule has 0 saturated heterocycles. The predicted molar refractivity (Wildman–Crippen MR) is 170 cm³/mol. The molecule has 2 aliphatic carbocycles. The molecule has 0 N–H and O–H groups in total. The molecular formula is C38H48. The van der Waals surface area contributed by atoms with Crippen LogP contribution in [0.25, 0.3) is 5.57 Å². The van der Waals surface area contributed by atoms with E-state index in [4.69, 9.17) is 0 Å². The molecular weight excluding hydrogens is 456 g/mol. The maximum Gasteiger partial charge on any atom is 0.0187 e. The quantitative estimate of drug-likeness (QED) is 0.248. The molecule has 0 heteroatoms. The molecule has 0 aromatic heterocycles. The SMILES string of the molecule is C=C/C=C\C1=C(C)C(C=C)=C(/C=C\C)C1(C)CCC(C)(C)CCC1(C)C(C=C)=C(/C=C\C)c2ccccc21. The largest absolute Gasteiger partial charge is 0.0991 e. The highest BCUT2D eigenvalue weighted by Gasteiger charge is 2.42. The van der Waals surface area contributed by atoms with Crippen molar-refractivity contribution in [3.8, 4) is 0 Å². The van der Waals surface area contributed by atoms with E-state index in [-0.39, 0.29) is 16.2 Å². The molecule has 0 bridgehead atoms. The van der Waals surface area contributed by atoms with Gasteiger partial charge in [0.05, 0.1) is 0 Å². The molecule has 200 valence electrons. The highest BCUT2D eigenvalue weighted by molar-refractivity contribution is 5.87. The lowest BCUT2D eigenvalue weighted by molar-refractivity contribution is 0.241. The lowest BCUT2D eigenvalue weighted by Crippen LogP contribution is -2.27. The summed E-state index contributed by atoms with van der Waals surface area (Å²) in [6.45, 7) is 28.5. The molecule has 0 spiro atoms. The van der Waals surface area contributed by atoms with Gasteiger partial charge in [0.2, 0.25) is 0 Å². The van der Waals surface area contributed by atoms with Crippen molar-refractivity contribution in [1.82, 2.24) is 0 Å². The summed E-state index contributed by atoms with van der Waals surface area (Å²) in [6.07, 6.45) is 23.7. The standard InChI is InChI=1S/C38H48/c1-11-16-22-33-28(6)29(14-4)34(20-13-3)38(33,10)27-25-36(7,8)24-26-37(9)32(15-5)30(19-12-2)31-21-17-18-23-35(31)37/h11-23H,1,4-5,24-27H2,2-3,6-10H3/b19-12-,20-13-,22-16-. The molecule has 0 nitrogen and oxygen atoms in total. The molecule has 1 aromatic carbocycles. The second kappa shape index (κ2) is 11.7. The Labute approximate surface area is 233 Å². The molecule has 0 amide bonds. The van der Waals surface area contributed by atoms with Crippen molar-refractivity contribution in [2.75, 3.05) is 0 Å². The van der Waals surface area contributed by atoms with Crippen molar-refractivity contribution in [1.29, 1.82) is 0 Å². The number of fused-ring (bicyclic) bond motifs is 1. The third kappa shape index (κ3) is 5.24. The molecule has 0 saturated carbocycles. The normalized spacial score (nSPS) is 24.0. The van der Waals surface area contributed by atoms with Crippen LogP contribution in [0.15, 0.2) is 127 Å². The van der Waals surface area contributed by atoms with E-state index in [1.54, 1.807) is 0 Å². The van der Waals surface area contributed by atoms with E-state index >= 15 is 0 Å². The minimum atomic E-state index is -0.0496. The Balaban J connectivity index is 1.90. The molecule has 2 atom stereocenters. The Bertz CT molecular complexity index is 1280. The van der Waals surface area contributed by atoms with Gasteiger partial charge < -0.3 is 0 Å². The first-order valence-corrected chi connectivity index (χ1v) is 14.1. The predicted octanol–water partition coefficient (Wildman–Crippen LogP) is 11.2. The maximum atomic E-state index is 4.25. The third-order valence-corrected chi connectivity index (χ3v) is 9.06. The Kier molecular flexibility index (Phi) is 9.09. The van der Waals surface area contributed by atoms with Gasteiger partial charge in [-0.25, -0.2) is 0 Å². The van der Waals surface area contributed by atoms with Crippen LogP contribution < -0.4 is 0 Å². The van der Waals surface area contributed by atoms with E-state index in [2.05, 4.69) is 135 Å². The van der Waals surface area contributed by atoms with Crippen molar-refractivity contribution in [2.45, 2.75) is 79.6 Å². The molecule has 3 rings (SSSR count). The fourth-order valence-electron chi connectivity index (χ4n) is 6.69. The van der Waals surface area contributed by atoms with Crippen molar-refractivity contribution in [3.63, 3.8) is 0 Å². The monoisotopic (exact) mass is 504 g/mol. The second-order valence-electron chi connectivity index (χ2n) is 12.1.